The average Bonchev–Trinajstić information content (AvgIpc) is 3.00. The third-order valence-corrected chi connectivity index (χ3v) is 6.62. The second-order valence-electron chi connectivity index (χ2n) is 6.55. The van der Waals surface area contributed by atoms with Crippen LogP contribution in [0.5, 0.6) is 0 Å². The van der Waals surface area contributed by atoms with Gasteiger partial charge in [0.1, 0.15) is 0 Å². The molecule has 1 aliphatic heterocycles. The number of amides is 1. The summed E-state index contributed by atoms with van der Waals surface area (Å²) in [5, 5.41) is 3.07. The van der Waals surface area contributed by atoms with Crippen LogP contribution in [0.15, 0.2) is 18.2 Å². The van der Waals surface area contributed by atoms with Crippen molar-refractivity contribution in [2.75, 3.05) is 16.6 Å². The van der Waals surface area contributed by atoms with Gasteiger partial charge in [-0.2, -0.15) is 0 Å². The van der Waals surface area contributed by atoms with Gasteiger partial charge in [-0.1, -0.05) is 12.8 Å². The fourth-order valence-electron chi connectivity index (χ4n) is 3.47. The minimum atomic E-state index is -3.22. The minimum absolute atomic E-state index is 0.0620. The van der Waals surface area contributed by atoms with Gasteiger partial charge in [-0.15, -0.1) is 0 Å². The van der Waals surface area contributed by atoms with Crippen molar-refractivity contribution >= 4 is 21.6 Å². The van der Waals surface area contributed by atoms with Crippen LogP contribution < -0.4 is 9.62 Å². The number of hydrogen-bond donors (Lipinski definition) is 1. The van der Waals surface area contributed by atoms with Gasteiger partial charge in [0.25, 0.3) is 5.91 Å². The lowest BCUT2D eigenvalue weighted by atomic mass is 10.1. The highest BCUT2D eigenvalue weighted by Gasteiger charge is 2.27. The Kier molecular flexibility index (Phi) is 4.62. The van der Waals surface area contributed by atoms with Crippen LogP contribution in [0.25, 0.3) is 0 Å². The van der Waals surface area contributed by atoms with E-state index in [2.05, 4.69) is 5.32 Å². The Morgan fingerprint density at radius 2 is 1.91 bits per heavy atom. The van der Waals surface area contributed by atoms with Gasteiger partial charge in [0, 0.05) is 18.2 Å². The predicted molar refractivity (Wildman–Crippen MR) is 91.3 cm³/mol. The van der Waals surface area contributed by atoms with Crippen LogP contribution in [-0.2, 0) is 10.0 Å². The normalized spacial score (nSPS) is 21.3. The summed E-state index contributed by atoms with van der Waals surface area (Å²) in [6, 6.07) is 5.58. The molecule has 0 spiro atoms. The van der Waals surface area contributed by atoms with Gasteiger partial charge in [-0.3, -0.25) is 9.10 Å². The number of aryl methyl sites for hydroxylation is 1. The maximum absolute atomic E-state index is 12.3. The number of nitrogens with zero attached hydrogens (tertiary/aromatic N) is 1. The Hall–Kier alpha value is -1.56. The van der Waals surface area contributed by atoms with Crippen LogP contribution in [0.1, 0.15) is 54.4 Å². The van der Waals surface area contributed by atoms with E-state index < -0.39 is 10.0 Å². The van der Waals surface area contributed by atoms with Crippen molar-refractivity contribution in [3.63, 3.8) is 0 Å². The number of sulfonamides is 1. The van der Waals surface area contributed by atoms with Gasteiger partial charge in [-0.25, -0.2) is 8.42 Å². The van der Waals surface area contributed by atoms with Gasteiger partial charge in [0.05, 0.1) is 11.4 Å². The molecule has 1 saturated carbocycles. The third kappa shape index (κ3) is 3.52. The molecule has 6 heteroatoms. The number of carbonyl (C=O) groups excluding carboxylic acids is 1. The highest BCUT2D eigenvalue weighted by Crippen LogP contribution is 2.27. The monoisotopic (exact) mass is 336 g/mol. The molecule has 5 nitrogen and oxygen atoms in total. The van der Waals surface area contributed by atoms with Crippen molar-refractivity contribution in [2.45, 2.75) is 51.5 Å². The summed E-state index contributed by atoms with van der Waals surface area (Å²) in [4.78, 5) is 12.3. The molecule has 2 aliphatic rings. The number of nitrogens with one attached hydrogen (secondary N) is 1. The lowest BCUT2D eigenvalue weighted by molar-refractivity contribution is 0.0938. The Balaban J connectivity index is 1.78. The third-order valence-electron chi connectivity index (χ3n) is 4.77. The Bertz CT molecular complexity index is 694. The zero-order valence-corrected chi connectivity index (χ0v) is 14.4. The molecule has 1 aromatic carbocycles. The molecular formula is C17H24N2O3S. The summed E-state index contributed by atoms with van der Waals surface area (Å²) in [5.41, 5.74) is 2.13. The van der Waals surface area contributed by atoms with Crippen LogP contribution in [0.2, 0.25) is 0 Å². The van der Waals surface area contributed by atoms with E-state index in [0.29, 0.717) is 17.8 Å². The fourth-order valence-corrected chi connectivity index (χ4v) is 5.18. The quantitative estimate of drug-likeness (QED) is 0.922. The Morgan fingerprint density at radius 3 is 2.57 bits per heavy atom. The molecule has 1 aromatic rings. The first kappa shape index (κ1) is 16.3. The molecule has 1 saturated heterocycles. The summed E-state index contributed by atoms with van der Waals surface area (Å²) >= 11 is 0. The van der Waals surface area contributed by atoms with Gasteiger partial charge >= 0.3 is 0 Å². The topological polar surface area (TPSA) is 66.5 Å². The van der Waals surface area contributed by atoms with E-state index in [1.54, 1.807) is 18.2 Å². The van der Waals surface area contributed by atoms with Crippen LogP contribution in [0, 0.1) is 6.92 Å². The SMILES string of the molecule is Cc1cc(C(=O)NC2CCCC2)ccc1N1CCCCS1(=O)=O. The smallest absolute Gasteiger partial charge is 0.251 e. The second-order valence-corrected chi connectivity index (χ2v) is 8.56. The summed E-state index contributed by atoms with van der Waals surface area (Å²) in [6.45, 7) is 2.39. The first-order valence-corrected chi connectivity index (χ1v) is 10.0. The average molecular weight is 336 g/mol. The zero-order chi connectivity index (χ0) is 16.4. The molecule has 2 fully saturated rings. The van der Waals surface area contributed by atoms with Crippen LogP contribution in [0.4, 0.5) is 5.69 Å². The summed E-state index contributed by atoms with van der Waals surface area (Å²) < 4.78 is 26.0. The van der Waals surface area contributed by atoms with Crippen molar-refractivity contribution in [2.24, 2.45) is 0 Å². The van der Waals surface area contributed by atoms with E-state index in [1.165, 1.54) is 17.1 Å². The number of rotatable bonds is 3. The fraction of sp³-hybridized carbons (Fsp3) is 0.588. The molecule has 0 unspecified atom stereocenters. The number of anilines is 1. The molecule has 3 rings (SSSR count). The van der Waals surface area contributed by atoms with Crippen molar-refractivity contribution in [1.29, 1.82) is 0 Å². The second kappa shape index (κ2) is 6.51. The molecular weight excluding hydrogens is 312 g/mol. The number of carbonyl (C=O) groups is 1. The van der Waals surface area contributed by atoms with Crippen molar-refractivity contribution in [3.05, 3.63) is 29.3 Å². The van der Waals surface area contributed by atoms with E-state index in [0.717, 1.165) is 31.2 Å². The van der Waals surface area contributed by atoms with E-state index in [4.69, 9.17) is 0 Å². The molecule has 0 aromatic heterocycles. The largest absolute Gasteiger partial charge is 0.349 e. The van der Waals surface area contributed by atoms with Gasteiger partial charge < -0.3 is 5.32 Å². The van der Waals surface area contributed by atoms with Crippen LogP contribution in [0.3, 0.4) is 0 Å². The highest BCUT2D eigenvalue weighted by atomic mass is 32.2. The van der Waals surface area contributed by atoms with Crippen molar-refractivity contribution < 1.29 is 13.2 Å². The molecule has 1 heterocycles. The standard InChI is InChI=1S/C17H24N2O3S/c1-13-12-14(17(20)18-15-6-2-3-7-15)8-9-16(13)19-10-4-5-11-23(19,21)22/h8-9,12,15H,2-7,10-11H2,1H3,(H,18,20). The van der Waals surface area contributed by atoms with E-state index in [-0.39, 0.29) is 17.7 Å². The van der Waals surface area contributed by atoms with E-state index >= 15 is 0 Å². The maximum Gasteiger partial charge on any atom is 0.251 e. The van der Waals surface area contributed by atoms with Gasteiger partial charge in [0.2, 0.25) is 10.0 Å². The maximum atomic E-state index is 12.3. The van der Waals surface area contributed by atoms with Crippen LogP contribution >= 0.6 is 0 Å². The molecule has 23 heavy (non-hydrogen) atoms. The van der Waals surface area contributed by atoms with Crippen LogP contribution in [-0.4, -0.2) is 32.7 Å². The van der Waals surface area contributed by atoms with E-state index in [1.807, 2.05) is 6.92 Å². The first-order chi connectivity index (χ1) is 11.0. The van der Waals surface area contributed by atoms with Crippen molar-refractivity contribution in [3.8, 4) is 0 Å². The molecule has 1 aliphatic carbocycles. The molecule has 0 atom stereocenters. The molecule has 0 radical (unpaired) electrons. The van der Waals surface area contributed by atoms with Gasteiger partial charge in [0.15, 0.2) is 0 Å². The highest BCUT2D eigenvalue weighted by molar-refractivity contribution is 7.92. The number of hydrogen-bond acceptors (Lipinski definition) is 3. The number of benzene rings is 1. The zero-order valence-electron chi connectivity index (χ0n) is 13.5. The Labute approximate surface area is 138 Å². The molecule has 1 N–H and O–H groups in total. The lowest BCUT2D eigenvalue weighted by Gasteiger charge is -2.29. The van der Waals surface area contributed by atoms with E-state index in [9.17, 15) is 13.2 Å². The summed E-state index contributed by atoms with van der Waals surface area (Å²) in [6.07, 6.45) is 6.05. The minimum Gasteiger partial charge on any atom is -0.349 e. The lowest BCUT2D eigenvalue weighted by Crippen LogP contribution is -2.38. The Morgan fingerprint density at radius 1 is 1.17 bits per heavy atom. The molecule has 126 valence electrons. The first-order valence-electron chi connectivity index (χ1n) is 8.39. The summed E-state index contributed by atoms with van der Waals surface area (Å²) in [7, 11) is -3.22. The van der Waals surface area contributed by atoms with Crippen molar-refractivity contribution in [1.82, 2.24) is 5.32 Å². The predicted octanol–water partition coefficient (Wildman–Crippen LogP) is 2.60. The summed E-state index contributed by atoms with van der Waals surface area (Å²) in [5.74, 6) is 0.143. The molecule has 0 bridgehead atoms. The van der Waals surface area contributed by atoms with Gasteiger partial charge in [-0.05, 0) is 56.4 Å². The molecule has 1 amide bonds.